The average Bonchev–Trinajstić information content (AvgIpc) is 3.61. The van der Waals surface area contributed by atoms with E-state index in [-0.39, 0.29) is 18.1 Å². The Morgan fingerprint density at radius 2 is 1.90 bits per heavy atom. The van der Waals surface area contributed by atoms with E-state index in [1.54, 1.807) is 41.9 Å². The van der Waals surface area contributed by atoms with Crippen LogP contribution in [0.3, 0.4) is 0 Å². The number of ether oxygens (including phenoxy) is 4. The van der Waals surface area contributed by atoms with Crippen molar-refractivity contribution in [3.8, 4) is 17.2 Å². The van der Waals surface area contributed by atoms with E-state index in [4.69, 9.17) is 28.9 Å². The average molecular weight is 563 g/mol. The van der Waals surface area contributed by atoms with Crippen LogP contribution in [0.1, 0.15) is 42.2 Å². The summed E-state index contributed by atoms with van der Waals surface area (Å²) in [6.45, 7) is 3.80. The molecule has 2 aliphatic heterocycles. The minimum atomic E-state index is -0.426. The number of rotatable bonds is 7. The van der Waals surface area contributed by atoms with Gasteiger partial charge in [-0.3, -0.25) is 14.3 Å². The van der Waals surface area contributed by atoms with Gasteiger partial charge in [-0.15, -0.1) is 0 Å². The van der Waals surface area contributed by atoms with Crippen LogP contribution in [0.25, 0.3) is 10.3 Å². The number of thiazole rings is 1. The molecule has 0 N–H and O–H groups in total. The van der Waals surface area contributed by atoms with Crippen LogP contribution in [0.5, 0.6) is 17.2 Å². The fourth-order valence-electron chi connectivity index (χ4n) is 5.25. The molecule has 4 aromatic rings. The van der Waals surface area contributed by atoms with Gasteiger partial charge in [0.05, 0.1) is 45.4 Å². The number of amides is 1. The van der Waals surface area contributed by atoms with Crippen molar-refractivity contribution in [2.75, 3.05) is 34.0 Å². The third-order valence-electron chi connectivity index (χ3n) is 7.46. The molecule has 2 aromatic heterocycles. The summed E-state index contributed by atoms with van der Waals surface area (Å²) in [6.07, 6.45) is 1.13. The number of carbonyl (C=O) groups is 1. The van der Waals surface area contributed by atoms with Gasteiger partial charge in [-0.1, -0.05) is 29.5 Å². The van der Waals surface area contributed by atoms with Gasteiger partial charge in [-0.05, 0) is 44.0 Å². The van der Waals surface area contributed by atoms with Crippen LogP contribution in [-0.4, -0.2) is 59.5 Å². The van der Waals surface area contributed by atoms with Crippen molar-refractivity contribution in [2.45, 2.75) is 37.8 Å². The highest BCUT2D eigenvalue weighted by atomic mass is 32.1. The van der Waals surface area contributed by atoms with Crippen molar-refractivity contribution >= 4 is 27.8 Å². The van der Waals surface area contributed by atoms with Crippen LogP contribution in [-0.2, 0) is 16.7 Å². The van der Waals surface area contributed by atoms with E-state index >= 15 is 0 Å². The Morgan fingerprint density at radius 1 is 1.10 bits per heavy atom. The first-order chi connectivity index (χ1) is 19.4. The van der Waals surface area contributed by atoms with Gasteiger partial charge in [0.2, 0.25) is 0 Å². The van der Waals surface area contributed by atoms with Gasteiger partial charge in [0, 0.05) is 18.2 Å². The van der Waals surface area contributed by atoms with Crippen molar-refractivity contribution in [2.24, 2.45) is 0 Å². The SMILES string of the molecule is COc1ccc(Cn2c(C3(C)COC3)nc3sc([C@H]4CCCN4C(=O)Oc4ccccc4)nc3c2=O)c(OC)c1. The van der Waals surface area contributed by atoms with Gasteiger partial charge in [0.15, 0.2) is 10.3 Å². The molecule has 2 aliphatic rings. The van der Waals surface area contributed by atoms with Crippen LogP contribution < -0.4 is 19.8 Å². The van der Waals surface area contributed by atoms with Crippen LogP contribution in [0.15, 0.2) is 53.3 Å². The lowest BCUT2D eigenvalue weighted by atomic mass is 9.87. The van der Waals surface area contributed by atoms with Gasteiger partial charge in [0.25, 0.3) is 5.56 Å². The maximum Gasteiger partial charge on any atom is 0.415 e. The molecular weight excluding hydrogens is 532 g/mol. The summed E-state index contributed by atoms with van der Waals surface area (Å²) in [5.41, 5.74) is 0.474. The van der Waals surface area contributed by atoms with E-state index in [2.05, 4.69) is 0 Å². The number of nitrogens with zero attached hydrogens (tertiary/aromatic N) is 4. The first-order valence-corrected chi connectivity index (χ1v) is 14.0. The highest BCUT2D eigenvalue weighted by Crippen LogP contribution is 2.38. The number of methoxy groups -OCH3 is 2. The summed E-state index contributed by atoms with van der Waals surface area (Å²) >= 11 is 1.36. The molecule has 6 rings (SSSR count). The Bertz CT molecular complexity index is 1610. The predicted molar refractivity (Wildman–Crippen MR) is 150 cm³/mol. The van der Waals surface area contributed by atoms with Gasteiger partial charge in [-0.25, -0.2) is 14.8 Å². The van der Waals surface area contributed by atoms with E-state index in [1.807, 2.05) is 37.3 Å². The Balaban J connectivity index is 1.38. The quantitative estimate of drug-likeness (QED) is 0.323. The molecule has 0 aliphatic carbocycles. The Hall–Kier alpha value is -3.96. The number of fused-ring (bicyclic) bond motifs is 1. The molecule has 1 amide bonds. The zero-order chi connectivity index (χ0) is 27.9. The Kier molecular flexibility index (Phi) is 6.93. The van der Waals surface area contributed by atoms with E-state index in [9.17, 15) is 9.59 Å². The molecule has 0 radical (unpaired) electrons. The fourth-order valence-corrected chi connectivity index (χ4v) is 6.33. The monoisotopic (exact) mass is 562 g/mol. The van der Waals surface area contributed by atoms with E-state index < -0.39 is 11.5 Å². The number of carbonyl (C=O) groups excluding carboxylic acids is 1. The van der Waals surface area contributed by atoms with E-state index in [0.717, 1.165) is 18.4 Å². The number of likely N-dealkylation sites (tertiary alicyclic amines) is 1. The number of benzene rings is 2. The lowest BCUT2D eigenvalue weighted by molar-refractivity contribution is -0.0562. The fraction of sp³-hybridized carbons (Fsp3) is 0.379. The predicted octanol–water partition coefficient (Wildman–Crippen LogP) is 4.54. The topological polar surface area (TPSA) is 105 Å². The number of para-hydroxylation sites is 1. The van der Waals surface area contributed by atoms with Gasteiger partial charge < -0.3 is 18.9 Å². The molecule has 2 aromatic carbocycles. The van der Waals surface area contributed by atoms with Crippen LogP contribution >= 0.6 is 11.3 Å². The molecule has 11 heteroatoms. The zero-order valence-electron chi connectivity index (χ0n) is 22.6. The molecule has 4 heterocycles. The first-order valence-electron chi connectivity index (χ1n) is 13.1. The summed E-state index contributed by atoms with van der Waals surface area (Å²) in [5, 5.41) is 0.683. The van der Waals surface area contributed by atoms with Crippen molar-refractivity contribution in [1.29, 1.82) is 0 Å². The molecule has 1 atom stereocenters. The molecule has 2 saturated heterocycles. The number of hydrogen-bond acceptors (Lipinski definition) is 9. The van der Waals surface area contributed by atoms with Crippen molar-refractivity contribution in [3.05, 3.63) is 75.3 Å². The van der Waals surface area contributed by atoms with Crippen LogP contribution in [0.2, 0.25) is 0 Å². The van der Waals surface area contributed by atoms with Crippen molar-refractivity contribution in [3.63, 3.8) is 0 Å². The smallest absolute Gasteiger partial charge is 0.415 e. The van der Waals surface area contributed by atoms with Crippen molar-refractivity contribution < 1.29 is 23.7 Å². The molecule has 0 bridgehead atoms. The lowest BCUT2D eigenvalue weighted by Gasteiger charge is -2.38. The van der Waals surface area contributed by atoms with Gasteiger partial charge in [-0.2, -0.15) is 0 Å². The van der Waals surface area contributed by atoms with Gasteiger partial charge >= 0.3 is 6.09 Å². The van der Waals surface area contributed by atoms with Crippen LogP contribution in [0.4, 0.5) is 4.79 Å². The molecule has 10 nitrogen and oxygen atoms in total. The molecule has 0 spiro atoms. The van der Waals surface area contributed by atoms with Crippen LogP contribution in [0, 0.1) is 0 Å². The molecular formula is C29H30N4O6S. The summed E-state index contributed by atoms with van der Waals surface area (Å²) < 4.78 is 23.7. The minimum absolute atomic E-state index is 0.232. The first kappa shape index (κ1) is 26.3. The van der Waals surface area contributed by atoms with E-state index in [0.29, 0.717) is 58.2 Å². The minimum Gasteiger partial charge on any atom is -0.497 e. The summed E-state index contributed by atoms with van der Waals surface area (Å²) in [7, 11) is 3.19. The molecule has 40 heavy (non-hydrogen) atoms. The molecule has 2 fully saturated rings. The van der Waals surface area contributed by atoms with E-state index in [1.165, 1.54) is 11.3 Å². The maximum atomic E-state index is 14.0. The third kappa shape index (κ3) is 4.69. The summed E-state index contributed by atoms with van der Waals surface area (Å²) in [6, 6.07) is 14.2. The summed E-state index contributed by atoms with van der Waals surface area (Å²) in [4.78, 5) is 39.0. The second-order valence-electron chi connectivity index (χ2n) is 10.3. The van der Waals surface area contributed by atoms with Gasteiger partial charge in [0.1, 0.15) is 28.1 Å². The third-order valence-corrected chi connectivity index (χ3v) is 8.51. The Labute approximate surface area is 235 Å². The number of aromatic nitrogens is 3. The molecule has 0 saturated carbocycles. The maximum absolute atomic E-state index is 14.0. The molecule has 208 valence electrons. The second-order valence-corrected chi connectivity index (χ2v) is 11.3. The molecule has 0 unspecified atom stereocenters. The largest absolute Gasteiger partial charge is 0.497 e. The highest BCUT2D eigenvalue weighted by molar-refractivity contribution is 7.18. The zero-order valence-corrected chi connectivity index (χ0v) is 23.4. The summed E-state index contributed by atoms with van der Waals surface area (Å²) in [5.74, 6) is 2.42. The Morgan fingerprint density at radius 3 is 2.60 bits per heavy atom. The highest BCUT2D eigenvalue weighted by Gasteiger charge is 2.41. The standard InChI is InChI=1S/C29H30N4O6S/c1-29(16-38-17-29)27-31-25-23(26(34)33(27)15-18-11-12-20(36-2)14-22(18)37-3)30-24(40-25)21-10-7-13-32(21)28(35)39-19-8-5-4-6-9-19/h4-6,8-9,11-12,14,21H,7,10,13,15-17H2,1-3H3/t21-/m1/s1. The number of hydrogen-bond donors (Lipinski definition) is 0. The lowest BCUT2D eigenvalue weighted by Crippen LogP contribution is -2.48. The second kappa shape index (κ2) is 10.5. The normalized spacial score (nSPS) is 18.0. The van der Waals surface area contributed by atoms with Crippen molar-refractivity contribution in [1.82, 2.24) is 19.4 Å².